The van der Waals surface area contributed by atoms with Crippen molar-refractivity contribution in [3.05, 3.63) is 12.7 Å². The summed E-state index contributed by atoms with van der Waals surface area (Å²) in [6.07, 6.45) is 2.92. The first-order valence-electron chi connectivity index (χ1n) is 4.04. The molecule has 2 unspecified atom stereocenters. The lowest BCUT2D eigenvalue weighted by atomic mass is 10.0. The van der Waals surface area contributed by atoms with Gasteiger partial charge in [-0.05, 0) is 13.3 Å². The third-order valence-electron chi connectivity index (χ3n) is 2.42. The molecule has 1 aliphatic heterocycles. The maximum Gasteiger partial charge on any atom is 0.0672 e. The maximum absolute atomic E-state index is 8.72. The molecule has 11 heavy (non-hydrogen) atoms. The number of hydrogen-bond acceptors (Lipinski definition) is 2. The van der Waals surface area contributed by atoms with Gasteiger partial charge in [-0.15, -0.1) is 6.58 Å². The normalized spacial score (nSPS) is 31.6. The molecule has 0 aromatic rings. The van der Waals surface area contributed by atoms with Gasteiger partial charge in [0.15, 0.2) is 0 Å². The minimum atomic E-state index is 0.231. The molecule has 2 heteroatoms. The lowest BCUT2D eigenvalue weighted by molar-refractivity contribution is 0.283. The Balaban J connectivity index is 2.49. The molecule has 1 rings (SSSR count). The molecule has 0 aromatic carbocycles. The Labute approximate surface area is 68.1 Å². The van der Waals surface area contributed by atoms with Gasteiger partial charge in [-0.3, -0.25) is 4.90 Å². The van der Waals surface area contributed by atoms with Crippen LogP contribution in [0.2, 0.25) is 0 Å². The van der Waals surface area contributed by atoms with E-state index in [0.717, 1.165) is 19.5 Å². The van der Waals surface area contributed by atoms with E-state index < -0.39 is 0 Å². The summed E-state index contributed by atoms with van der Waals surface area (Å²) in [6.45, 7) is 7.76. The van der Waals surface area contributed by atoms with Crippen molar-refractivity contribution in [2.24, 2.45) is 5.92 Å². The van der Waals surface area contributed by atoms with Gasteiger partial charge in [0, 0.05) is 19.1 Å². The van der Waals surface area contributed by atoms with Crippen LogP contribution < -0.4 is 0 Å². The lowest BCUT2D eigenvalue weighted by Gasteiger charge is -2.19. The smallest absolute Gasteiger partial charge is 0.0672 e. The summed E-state index contributed by atoms with van der Waals surface area (Å²) in [4.78, 5) is 2.29. The van der Waals surface area contributed by atoms with Gasteiger partial charge in [0.05, 0.1) is 12.0 Å². The van der Waals surface area contributed by atoms with Crippen molar-refractivity contribution < 1.29 is 0 Å². The molecule has 1 aliphatic rings. The summed E-state index contributed by atoms with van der Waals surface area (Å²) < 4.78 is 0. The molecule has 1 fully saturated rings. The zero-order chi connectivity index (χ0) is 8.27. The van der Waals surface area contributed by atoms with Crippen LogP contribution in [0.5, 0.6) is 0 Å². The van der Waals surface area contributed by atoms with Gasteiger partial charge in [0.2, 0.25) is 0 Å². The molecule has 2 atom stereocenters. The molecule has 2 nitrogen and oxygen atoms in total. The standard InChI is InChI=1S/C9H14N2/c1-3-5-11-6-4-9(7-10)8(11)2/h3,8-9H,1,4-6H2,2H3. The summed E-state index contributed by atoms with van der Waals surface area (Å²) in [7, 11) is 0. The van der Waals surface area contributed by atoms with Crippen molar-refractivity contribution in [1.29, 1.82) is 5.26 Å². The Hall–Kier alpha value is -0.810. The van der Waals surface area contributed by atoms with Gasteiger partial charge >= 0.3 is 0 Å². The van der Waals surface area contributed by atoms with Crippen LogP contribution in [0.3, 0.4) is 0 Å². The number of hydrogen-bond donors (Lipinski definition) is 0. The van der Waals surface area contributed by atoms with E-state index in [4.69, 9.17) is 5.26 Å². The molecule has 0 aliphatic carbocycles. The highest BCUT2D eigenvalue weighted by Gasteiger charge is 2.29. The van der Waals surface area contributed by atoms with Crippen LogP contribution >= 0.6 is 0 Å². The van der Waals surface area contributed by atoms with Gasteiger partial charge in [0.1, 0.15) is 0 Å². The molecule has 0 aromatic heterocycles. The molecule has 0 radical (unpaired) electrons. The van der Waals surface area contributed by atoms with Crippen LogP contribution in [-0.2, 0) is 0 Å². The summed E-state index contributed by atoms with van der Waals surface area (Å²) >= 11 is 0. The molecule has 0 N–H and O–H groups in total. The molecular weight excluding hydrogens is 136 g/mol. The molecule has 0 amide bonds. The highest BCUT2D eigenvalue weighted by Crippen LogP contribution is 2.22. The van der Waals surface area contributed by atoms with Crippen molar-refractivity contribution in [1.82, 2.24) is 4.90 Å². The summed E-state index contributed by atoms with van der Waals surface area (Å²) in [5.74, 6) is 0.231. The number of nitriles is 1. The van der Waals surface area contributed by atoms with E-state index >= 15 is 0 Å². The van der Waals surface area contributed by atoms with Crippen LogP contribution in [0.1, 0.15) is 13.3 Å². The second-order valence-electron chi connectivity index (χ2n) is 3.05. The molecular formula is C9H14N2. The van der Waals surface area contributed by atoms with E-state index in [1.807, 2.05) is 6.08 Å². The van der Waals surface area contributed by atoms with E-state index in [0.29, 0.717) is 6.04 Å². The fourth-order valence-corrected chi connectivity index (χ4v) is 1.60. The summed E-state index contributed by atoms with van der Waals surface area (Å²) in [5, 5.41) is 8.72. The monoisotopic (exact) mass is 150 g/mol. The minimum absolute atomic E-state index is 0.231. The largest absolute Gasteiger partial charge is 0.296 e. The van der Waals surface area contributed by atoms with Crippen LogP contribution in [0.4, 0.5) is 0 Å². The van der Waals surface area contributed by atoms with Gasteiger partial charge in [-0.2, -0.15) is 5.26 Å². The van der Waals surface area contributed by atoms with E-state index in [-0.39, 0.29) is 5.92 Å². The van der Waals surface area contributed by atoms with Gasteiger partial charge in [-0.25, -0.2) is 0 Å². The van der Waals surface area contributed by atoms with Gasteiger partial charge < -0.3 is 0 Å². The summed E-state index contributed by atoms with van der Waals surface area (Å²) in [6, 6.07) is 2.74. The Morgan fingerprint density at radius 2 is 2.55 bits per heavy atom. The molecule has 0 bridgehead atoms. The maximum atomic E-state index is 8.72. The highest BCUT2D eigenvalue weighted by molar-refractivity contribution is 4.97. The Morgan fingerprint density at radius 3 is 3.00 bits per heavy atom. The van der Waals surface area contributed by atoms with E-state index in [1.54, 1.807) is 0 Å². The summed E-state index contributed by atoms with van der Waals surface area (Å²) in [5.41, 5.74) is 0. The number of likely N-dealkylation sites (tertiary alicyclic amines) is 1. The average molecular weight is 150 g/mol. The first-order valence-corrected chi connectivity index (χ1v) is 4.04. The molecule has 0 saturated carbocycles. The third kappa shape index (κ3) is 1.61. The van der Waals surface area contributed by atoms with Gasteiger partial charge in [-0.1, -0.05) is 6.08 Å². The van der Waals surface area contributed by atoms with Crippen LogP contribution in [0, 0.1) is 17.2 Å². The second-order valence-corrected chi connectivity index (χ2v) is 3.05. The average Bonchev–Trinajstić information content (AvgIpc) is 2.34. The second kappa shape index (κ2) is 3.54. The predicted octanol–water partition coefficient (Wildman–Crippen LogP) is 1.41. The Kier molecular flexibility index (Phi) is 2.67. The van der Waals surface area contributed by atoms with E-state index in [1.165, 1.54) is 0 Å². The lowest BCUT2D eigenvalue weighted by Crippen LogP contribution is -2.29. The topological polar surface area (TPSA) is 27.0 Å². The molecule has 60 valence electrons. The fourth-order valence-electron chi connectivity index (χ4n) is 1.60. The van der Waals surface area contributed by atoms with Crippen LogP contribution in [0.25, 0.3) is 0 Å². The Morgan fingerprint density at radius 1 is 1.82 bits per heavy atom. The number of nitrogens with zero attached hydrogens (tertiary/aromatic N) is 2. The third-order valence-corrected chi connectivity index (χ3v) is 2.42. The van der Waals surface area contributed by atoms with E-state index in [9.17, 15) is 0 Å². The van der Waals surface area contributed by atoms with Crippen molar-refractivity contribution in [3.8, 4) is 6.07 Å². The van der Waals surface area contributed by atoms with Crippen molar-refractivity contribution in [3.63, 3.8) is 0 Å². The SMILES string of the molecule is C=CCN1CCC(C#N)C1C. The van der Waals surface area contributed by atoms with E-state index in [2.05, 4.69) is 24.5 Å². The molecule has 0 spiro atoms. The van der Waals surface area contributed by atoms with Crippen LogP contribution in [0.15, 0.2) is 12.7 Å². The zero-order valence-corrected chi connectivity index (χ0v) is 6.95. The van der Waals surface area contributed by atoms with Gasteiger partial charge in [0.25, 0.3) is 0 Å². The van der Waals surface area contributed by atoms with Crippen molar-refractivity contribution in [2.75, 3.05) is 13.1 Å². The van der Waals surface area contributed by atoms with Crippen LogP contribution in [-0.4, -0.2) is 24.0 Å². The fraction of sp³-hybridized carbons (Fsp3) is 0.667. The molecule has 1 saturated heterocycles. The first-order chi connectivity index (χ1) is 5.29. The highest BCUT2D eigenvalue weighted by atomic mass is 15.2. The first kappa shape index (κ1) is 8.29. The zero-order valence-electron chi connectivity index (χ0n) is 6.95. The Bertz CT molecular complexity index is 180. The van der Waals surface area contributed by atoms with Crippen molar-refractivity contribution in [2.45, 2.75) is 19.4 Å². The quantitative estimate of drug-likeness (QED) is 0.556. The van der Waals surface area contributed by atoms with Crippen molar-refractivity contribution >= 4 is 0 Å². The number of rotatable bonds is 2. The minimum Gasteiger partial charge on any atom is -0.296 e. The predicted molar refractivity (Wildman–Crippen MR) is 45.0 cm³/mol. The molecule has 1 heterocycles.